The third-order valence-corrected chi connectivity index (χ3v) is 1.78. The number of hydrogen-bond acceptors (Lipinski definition) is 2. The fraction of sp³-hybridized carbons (Fsp3) is 0.500. The molecule has 10 heavy (non-hydrogen) atoms. The number of carbonyl (C=O) groups excluding carboxylic acids is 1. The number of ketones is 1. The molecule has 0 saturated heterocycles. The van der Waals surface area contributed by atoms with Crippen LogP contribution in [0.4, 0.5) is 0 Å². The first-order valence-electron chi connectivity index (χ1n) is 3.30. The van der Waals surface area contributed by atoms with Gasteiger partial charge in [0.1, 0.15) is 0 Å². The summed E-state index contributed by atoms with van der Waals surface area (Å²) in [6.07, 6.45) is 4.38. The lowest BCUT2D eigenvalue weighted by Crippen LogP contribution is -2.16. The van der Waals surface area contributed by atoms with Crippen LogP contribution in [-0.4, -0.2) is 5.78 Å². The van der Waals surface area contributed by atoms with Crippen LogP contribution in [0.2, 0.25) is 0 Å². The van der Waals surface area contributed by atoms with Gasteiger partial charge in [-0.2, -0.15) is 5.26 Å². The van der Waals surface area contributed by atoms with Gasteiger partial charge >= 0.3 is 0 Å². The number of rotatable bonds is 0. The summed E-state index contributed by atoms with van der Waals surface area (Å²) in [6.45, 7) is 1.84. The molecule has 0 aliphatic heterocycles. The maximum Gasteiger partial charge on any atom is 0.155 e. The number of hydrogen-bond donors (Lipinski definition) is 0. The van der Waals surface area contributed by atoms with Gasteiger partial charge in [-0.1, -0.05) is 6.08 Å². The van der Waals surface area contributed by atoms with Crippen LogP contribution in [0.1, 0.15) is 19.8 Å². The standard InChI is InChI=1S/C8H9NO/c1-8(6-9)4-2-7(10)3-5-8/h2,4H,3,5H2,1H3. The molecule has 0 bridgehead atoms. The summed E-state index contributed by atoms with van der Waals surface area (Å²) >= 11 is 0. The van der Waals surface area contributed by atoms with Gasteiger partial charge in [0.2, 0.25) is 0 Å². The zero-order chi connectivity index (χ0) is 7.61. The molecule has 1 rings (SSSR count). The van der Waals surface area contributed by atoms with Crippen LogP contribution in [0.15, 0.2) is 12.2 Å². The van der Waals surface area contributed by atoms with E-state index in [0.29, 0.717) is 12.8 Å². The minimum Gasteiger partial charge on any atom is -0.295 e. The second-order valence-corrected chi connectivity index (χ2v) is 2.83. The molecule has 0 amide bonds. The highest BCUT2D eigenvalue weighted by molar-refractivity contribution is 5.90. The predicted octanol–water partition coefficient (Wildman–Crippen LogP) is 1.44. The number of carbonyl (C=O) groups is 1. The normalized spacial score (nSPS) is 31.8. The van der Waals surface area contributed by atoms with Crippen LogP contribution in [0.25, 0.3) is 0 Å². The molecule has 52 valence electrons. The molecule has 0 saturated carbocycles. The number of nitriles is 1. The van der Waals surface area contributed by atoms with Crippen molar-refractivity contribution in [3.63, 3.8) is 0 Å². The highest BCUT2D eigenvalue weighted by Crippen LogP contribution is 2.27. The van der Waals surface area contributed by atoms with Crippen molar-refractivity contribution >= 4 is 5.78 Å². The smallest absolute Gasteiger partial charge is 0.155 e. The van der Waals surface area contributed by atoms with E-state index in [2.05, 4.69) is 6.07 Å². The topological polar surface area (TPSA) is 40.9 Å². The summed E-state index contributed by atoms with van der Waals surface area (Å²) < 4.78 is 0. The van der Waals surface area contributed by atoms with Gasteiger partial charge in [0, 0.05) is 6.42 Å². The van der Waals surface area contributed by atoms with Gasteiger partial charge in [-0.3, -0.25) is 4.79 Å². The maximum absolute atomic E-state index is 10.7. The van der Waals surface area contributed by atoms with Crippen LogP contribution < -0.4 is 0 Å². The van der Waals surface area contributed by atoms with Crippen molar-refractivity contribution in [2.24, 2.45) is 5.41 Å². The van der Waals surface area contributed by atoms with E-state index in [0.717, 1.165) is 0 Å². The van der Waals surface area contributed by atoms with Gasteiger partial charge in [-0.05, 0) is 19.4 Å². The Morgan fingerprint density at radius 2 is 2.50 bits per heavy atom. The minimum absolute atomic E-state index is 0.132. The Labute approximate surface area is 60.2 Å². The molecule has 0 N–H and O–H groups in total. The molecule has 0 heterocycles. The zero-order valence-corrected chi connectivity index (χ0v) is 5.92. The zero-order valence-electron chi connectivity index (χ0n) is 5.92. The van der Waals surface area contributed by atoms with Crippen LogP contribution >= 0.6 is 0 Å². The third-order valence-electron chi connectivity index (χ3n) is 1.78. The molecular weight excluding hydrogens is 126 g/mol. The van der Waals surface area contributed by atoms with E-state index >= 15 is 0 Å². The molecule has 0 aromatic heterocycles. The van der Waals surface area contributed by atoms with Gasteiger partial charge in [0.05, 0.1) is 11.5 Å². The summed E-state index contributed by atoms with van der Waals surface area (Å²) in [5.74, 6) is 0.132. The lowest BCUT2D eigenvalue weighted by atomic mass is 9.82. The molecule has 1 aliphatic carbocycles. The molecule has 0 radical (unpaired) electrons. The summed E-state index contributed by atoms with van der Waals surface area (Å²) in [6, 6.07) is 2.16. The van der Waals surface area contributed by atoms with E-state index < -0.39 is 5.41 Å². The van der Waals surface area contributed by atoms with Crippen molar-refractivity contribution in [1.82, 2.24) is 0 Å². The second kappa shape index (κ2) is 2.26. The summed E-state index contributed by atoms with van der Waals surface area (Å²) in [5, 5.41) is 8.62. The fourth-order valence-corrected chi connectivity index (χ4v) is 0.920. The first-order valence-corrected chi connectivity index (χ1v) is 3.30. The van der Waals surface area contributed by atoms with E-state index in [1.807, 2.05) is 6.92 Å². The predicted molar refractivity (Wildman–Crippen MR) is 37.1 cm³/mol. The summed E-state index contributed by atoms with van der Waals surface area (Å²) in [4.78, 5) is 10.7. The molecular formula is C8H9NO. The molecule has 2 heteroatoms. The van der Waals surface area contributed by atoms with Gasteiger partial charge in [0.25, 0.3) is 0 Å². The maximum atomic E-state index is 10.7. The second-order valence-electron chi connectivity index (χ2n) is 2.83. The van der Waals surface area contributed by atoms with Gasteiger partial charge in [0.15, 0.2) is 5.78 Å². The van der Waals surface area contributed by atoms with E-state index in [-0.39, 0.29) is 5.78 Å². The van der Waals surface area contributed by atoms with E-state index in [1.165, 1.54) is 6.08 Å². The molecule has 1 aliphatic rings. The average Bonchev–Trinajstić information content (AvgIpc) is 1.96. The largest absolute Gasteiger partial charge is 0.295 e. The number of allylic oxidation sites excluding steroid dienone is 2. The molecule has 0 fully saturated rings. The van der Waals surface area contributed by atoms with Gasteiger partial charge in [-0.25, -0.2) is 0 Å². The molecule has 1 atom stereocenters. The Hall–Kier alpha value is -1.10. The SMILES string of the molecule is CC1(C#N)C=CC(=O)CC1. The van der Waals surface area contributed by atoms with Crippen molar-refractivity contribution in [3.8, 4) is 6.07 Å². The Balaban J connectivity index is 2.80. The fourth-order valence-electron chi connectivity index (χ4n) is 0.920. The monoisotopic (exact) mass is 135 g/mol. The van der Waals surface area contributed by atoms with Gasteiger partial charge < -0.3 is 0 Å². The van der Waals surface area contributed by atoms with Crippen LogP contribution in [0, 0.1) is 16.7 Å². The number of nitrogens with zero attached hydrogens (tertiary/aromatic N) is 1. The van der Waals surface area contributed by atoms with E-state index in [1.54, 1.807) is 6.08 Å². The van der Waals surface area contributed by atoms with Crippen LogP contribution in [0.5, 0.6) is 0 Å². The highest BCUT2D eigenvalue weighted by Gasteiger charge is 2.24. The molecule has 2 nitrogen and oxygen atoms in total. The molecule has 0 aromatic carbocycles. The van der Waals surface area contributed by atoms with Crippen molar-refractivity contribution in [2.45, 2.75) is 19.8 Å². The quantitative estimate of drug-likeness (QED) is 0.504. The highest BCUT2D eigenvalue weighted by atomic mass is 16.1. The Morgan fingerprint density at radius 3 is 2.90 bits per heavy atom. The third kappa shape index (κ3) is 1.24. The molecule has 1 unspecified atom stereocenters. The van der Waals surface area contributed by atoms with Crippen molar-refractivity contribution in [3.05, 3.63) is 12.2 Å². The lowest BCUT2D eigenvalue weighted by molar-refractivity contribution is -0.115. The van der Waals surface area contributed by atoms with E-state index in [9.17, 15) is 4.79 Å². The van der Waals surface area contributed by atoms with Crippen LogP contribution in [0.3, 0.4) is 0 Å². The minimum atomic E-state index is -0.395. The first kappa shape index (κ1) is 7.01. The van der Waals surface area contributed by atoms with Crippen molar-refractivity contribution < 1.29 is 4.79 Å². The Morgan fingerprint density at radius 1 is 1.80 bits per heavy atom. The van der Waals surface area contributed by atoms with Crippen molar-refractivity contribution in [1.29, 1.82) is 5.26 Å². The summed E-state index contributed by atoms with van der Waals surface area (Å²) in [5.41, 5.74) is -0.395. The molecule has 0 spiro atoms. The van der Waals surface area contributed by atoms with E-state index in [4.69, 9.17) is 5.26 Å². The summed E-state index contributed by atoms with van der Waals surface area (Å²) in [7, 11) is 0. The Bertz CT molecular complexity index is 224. The van der Waals surface area contributed by atoms with Gasteiger partial charge in [-0.15, -0.1) is 0 Å². The lowest BCUT2D eigenvalue weighted by Gasteiger charge is -2.18. The average molecular weight is 135 g/mol. The first-order chi connectivity index (χ1) is 4.66. The van der Waals surface area contributed by atoms with Crippen molar-refractivity contribution in [2.75, 3.05) is 0 Å². The Kier molecular flexibility index (Phi) is 1.58. The molecule has 0 aromatic rings. The van der Waals surface area contributed by atoms with Crippen LogP contribution in [-0.2, 0) is 4.79 Å².